The molecular weight excluding hydrogens is 416 g/mol. The van der Waals surface area contributed by atoms with Crippen LogP contribution in [0.15, 0.2) is 66.7 Å². The molecule has 1 saturated heterocycles. The molecule has 1 aliphatic rings. The lowest BCUT2D eigenvalue weighted by molar-refractivity contribution is 0.197. The van der Waals surface area contributed by atoms with Gasteiger partial charge in [0, 0.05) is 26.2 Å². The number of hydrogen-bond acceptors (Lipinski definition) is 6. The molecule has 6 heteroatoms. The second kappa shape index (κ2) is 11.1. The number of piperazine rings is 1. The summed E-state index contributed by atoms with van der Waals surface area (Å²) in [6.07, 6.45) is 0. The maximum absolute atomic E-state index is 6.13. The molecule has 33 heavy (non-hydrogen) atoms. The van der Waals surface area contributed by atoms with Gasteiger partial charge in [-0.05, 0) is 41.0 Å². The van der Waals surface area contributed by atoms with Crippen LogP contribution in [-0.4, -0.2) is 52.4 Å². The predicted molar refractivity (Wildman–Crippen MR) is 130 cm³/mol. The fourth-order valence-corrected chi connectivity index (χ4v) is 4.33. The summed E-state index contributed by atoms with van der Waals surface area (Å²) in [4.78, 5) is 2.48. The van der Waals surface area contributed by atoms with Crippen molar-refractivity contribution in [3.63, 3.8) is 0 Å². The molecule has 1 aliphatic heterocycles. The van der Waals surface area contributed by atoms with Gasteiger partial charge in [0.1, 0.15) is 12.4 Å². The van der Waals surface area contributed by atoms with Crippen molar-refractivity contribution in [2.75, 3.05) is 47.5 Å². The van der Waals surface area contributed by atoms with Crippen molar-refractivity contribution in [3.05, 3.63) is 83.4 Å². The van der Waals surface area contributed by atoms with E-state index < -0.39 is 0 Å². The number of nitrogens with one attached hydrogen (secondary N) is 1. The SMILES string of the molecule is COc1cc(C(c2cccc(OCc3ccccc3)c2)N2CCNCC2)cc(OC)c1OC. The second-order valence-electron chi connectivity index (χ2n) is 7.99. The average molecular weight is 449 g/mol. The van der Waals surface area contributed by atoms with E-state index >= 15 is 0 Å². The molecule has 4 rings (SSSR count). The highest BCUT2D eigenvalue weighted by Gasteiger charge is 2.27. The Morgan fingerprint density at radius 2 is 1.48 bits per heavy atom. The van der Waals surface area contributed by atoms with Crippen LogP contribution < -0.4 is 24.3 Å². The Morgan fingerprint density at radius 3 is 2.12 bits per heavy atom. The second-order valence-corrected chi connectivity index (χ2v) is 7.99. The zero-order valence-electron chi connectivity index (χ0n) is 19.5. The highest BCUT2D eigenvalue weighted by atomic mass is 16.5. The third-order valence-electron chi connectivity index (χ3n) is 5.94. The Morgan fingerprint density at radius 1 is 0.788 bits per heavy atom. The first-order valence-electron chi connectivity index (χ1n) is 11.2. The third-order valence-corrected chi connectivity index (χ3v) is 5.94. The summed E-state index contributed by atoms with van der Waals surface area (Å²) in [5.74, 6) is 2.76. The largest absolute Gasteiger partial charge is 0.493 e. The van der Waals surface area contributed by atoms with Crippen molar-refractivity contribution in [2.24, 2.45) is 0 Å². The summed E-state index contributed by atoms with van der Waals surface area (Å²) in [7, 11) is 4.93. The van der Waals surface area contributed by atoms with Crippen molar-refractivity contribution in [2.45, 2.75) is 12.6 Å². The summed E-state index contributed by atoms with van der Waals surface area (Å²) < 4.78 is 23.0. The molecule has 0 amide bonds. The summed E-state index contributed by atoms with van der Waals surface area (Å²) in [5, 5.41) is 3.45. The van der Waals surface area contributed by atoms with Crippen LogP contribution in [0.5, 0.6) is 23.0 Å². The van der Waals surface area contributed by atoms with Crippen LogP contribution in [0, 0.1) is 0 Å². The fraction of sp³-hybridized carbons (Fsp3) is 0.333. The number of rotatable bonds is 9. The van der Waals surface area contributed by atoms with Gasteiger partial charge < -0.3 is 24.3 Å². The minimum Gasteiger partial charge on any atom is -0.493 e. The van der Waals surface area contributed by atoms with Gasteiger partial charge >= 0.3 is 0 Å². The minimum atomic E-state index is 0.0288. The molecule has 1 fully saturated rings. The van der Waals surface area contributed by atoms with Gasteiger partial charge in [0.2, 0.25) is 5.75 Å². The number of nitrogens with zero attached hydrogens (tertiary/aromatic N) is 1. The molecule has 0 spiro atoms. The number of benzene rings is 3. The van der Waals surface area contributed by atoms with E-state index in [2.05, 4.69) is 40.5 Å². The van der Waals surface area contributed by atoms with Crippen LogP contribution in [0.25, 0.3) is 0 Å². The highest BCUT2D eigenvalue weighted by Crippen LogP contribution is 2.42. The Labute approximate surface area is 196 Å². The molecule has 6 nitrogen and oxygen atoms in total. The first-order chi connectivity index (χ1) is 16.2. The smallest absolute Gasteiger partial charge is 0.203 e. The summed E-state index contributed by atoms with van der Waals surface area (Å²) in [6.45, 7) is 4.32. The maximum Gasteiger partial charge on any atom is 0.203 e. The Kier molecular flexibility index (Phi) is 7.70. The molecule has 1 N–H and O–H groups in total. The van der Waals surface area contributed by atoms with Crippen LogP contribution in [0.1, 0.15) is 22.7 Å². The highest BCUT2D eigenvalue weighted by molar-refractivity contribution is 5.55. The minimum absolute atomic E-state index is 0.0288. The molecule has 1 heterocycles. The Bertz CT molecular complexity index is 1010. The van der Waals surface area contributed by atoms with E-state index in [1.54, 1.807) is 21.3 Å². The van der Waals surface area contributed by atoms with Crippen LogP contribution >= 0.6 is 0 Å². The van der Waals surface area contributed by atoms with Crippen molar-refractivity contribution in [1.29, 1.82) is 0 Å². The standard InChI is InChI=1S/C27H32N2O4/c1-30-24-17-22(18-25(31-2)27(24)32-3)26(29-14-12-28-13-15-29)21-10-7-11-23(16-21)33-19-20-8-5-4-6-9-20/h4-11,16-18,26,28H,12-15,19H2,1-3H3. The fourth-order valence-electron chi connectivity index (χ4n) is 4.33. The van der Waals surface area contributed by atoms with Gasteiger partial charge in [0.05, 0.1) is 27.4 Å². The summed E-state index contributed by atoms with van der Waals surface area (Å²) in [5.41, 5.74) is 3.40. The lowest BCUT2D eigenvalue weighted by Gasteiger charge is -2.36. The molecular formula is C27H32N2O4. The van der Waals surface area contributed by atoms with Gasteiger partial charge in [-0.2, -0.15) is 0 Å². The van der Waals surface area contributed by atoms with Crippen LogP contribution in [0.4, 0.5) is 0 Å². The van der Waals surface area contributed by atoms with Crippen molar-refractivity contribution in [1.82, 2.24) is 10.2 Å². The van der Waals surface area contributed by atoms with Crippen LogP contribution in [-0.2, 0) is 6.61 Å². The molecule has 0 aromatic heterocycles. The molecule has 0 aliphatic carbocycles. The maximum atomic E-state index is 6.13. The normalized spacial score (nSPS) is 15.0. The van der Waals surface area contributed by atoms with Gasteiger partial charge in [-0.1, -0.05) is 42.5 Å². The lowest BCUT2D eigenvalue weighted by Crippen LogP contribution is -2.45. The summed E-state index contributed by atoms with van der Waals surface area (Å²) >= 11 is 0. The molecule has 174 valence electrons. The predicted octanol–water partition coefficient (Wildman–Crippen LogP) is 4.29. The average Bonchev–Trinajstić information content (AvgIpc) is 2.88. The van der Waals surface area contributed by atoms with Gasteiger partial charge in [-0.3, -0.25) is 4.90 Å². The molecule has 0 radical (unpaired) electrons. The number of ether oxygens (including phenoxy) is 4. The quantitative estimate of drug-likeness (QED) is 0.527. The number of methoxy groups -OCH3 is 3. The van der Waals surface area contributed by atoms with Crippen LogP contribution in [0.3, 0.4) is 0 Å². The van der Waals surface area contributed by atoms with Gasteiger partial charge in [-0.15, -0.1) is 0 Å². The zero-order valence-corrected chi connectivity index (χ0v) is 19.5. The molecule has 1 unspecified atom stereocenters. The van der Waals surface area contributed by atoms with Gasteiger partial charge in [-0.25, -0.2) is 0 Å². The molecule has 1 atom stereocenters. The Hall–Kier alpha value is -3.22. The summed E-state index contributed by atoms with van der Waals surface area (Å²) in [6, 6.07) is 22.7. The first kappa shape index (κ1) is 23.0. The lowest BCUT2D eigenvalue weighted by atomic mass is 9.95. The van der Waals surface area contributed by atoms with E-state index in [4.69, 9.17) is 18.9 Å². The topological polar surface area (TPSA) is 52.2 Å². The van der Waals surface area contributed by atoms with E-state index in [1.807, 2.05) is 36.4 Å². The van der Waals surface area contributed by atoms with E-state index in [1.165, 1.54) is 0 Å². The van der Waals surface area contributed by atoms with Crippen molar-refractivity contribution in [3.8, 4) is 23.0 Å². The van der Waals surface area contributed by atoms with Crippen molar-refractivity contribution >= 4 is 0 Å². The zero-order chi connectivity index (χ0) is 23.0. The van der Waals surface area contributed by atoms with E-state index in [0.29, 0.717) is 23.9 Å². The first-order valence-corrected chi connectivity index (χ1v) is 11.2. The molecule has 3 aromatic rings. The van der Waals surface area contributed by atoms with Gasteiger partial charge in [0.25, 0.3) is 0 Å². The van der Waals surface area contributed by atoms with Gasteiger partial charge in [0.15, 0.2) is 11.5 Å². The van der Waals surface area contributed by atoms with E-state index in [0.717, 1.165) is 48.6 Å². The van der Waals surface area contributed by atoms with E-state index in [-0.39, 0.29) is 6.04 Å². The number of hydrogen-bond donors (Lipinski definition) is 1. The molecule has 0 bridgehead atoms. The van der Waals surface area contributed by atoms with E-state index in [9.17, 15) is 0 Å². The molecule has 0 saturated carbocycles. The molecule has 3 aromatic carbocycles. The van der Waals surface area contributed by atoms with Crippen molar-refractivity contribution < 1.29 is 18.9 Å². The monoisotopic (exact) mass is 448 g/mol. The Balaban J connectivity index is 1.70. The third kappa shape index (κ3) is 5.41. The van der Waals surface area contributed by atoms with Crippen LogP contribution in [0.2, 0.25) is 0 Å².